The van der Waals surface area contributed by atoms with E-state index in [2.05, 4.69) is 9.97 Å². The largest absolute Gasteiger partial charge is 0.487 e. The minimum Gasteiger partial charge on any atom is -0.487 e. The molecular formula is C17H18N2O4S. The van der Waals surface area contributed by atoms with Gasteiger partial charge in [-0.15, -0.1) is 11.3 Å². The molecule has 7 heteroatoms. The molecule has 0 bridgehead atoms. The Morgan fingerprint density at radius 2 is 2.29 bits per heavy atom. The van der Waals surface area contributed by atoms with Crippen LogP contribution in [0.15, 0.2) is 17.6 Å². The van der Waals surface area contributed by atoms with Gasteiger partial charge in [0.2, 0.25) is 0 Å². The number of aryl methyl sites for hydroxylation is 1. The van der Waals surface area contributed by atoms with Crippen LogP contribution in [0.4, 0.5) is 0 Å². The van der Waals surface area contributed by atoms with Crippen LogP contribution < -0.4 is 4.74 Å². The van der Waals surface area contributed by atoms with E-state index in [9.17, 15) is 9.59 Å². The Morgan fingerprint density at radius 3 is 3.00 bits per heavy atom. The molecule has 0 spiro atoms. The van der Waals surface area contributed by atoms with Crippen LogP contribution in [0.25, 0.3) is 10.7 Å². The lowest BCUT2D eigenvalue weighted by atomic mass is 9.87. The predicted molar refractivity (Wildman–Crippen MR) is 89.5 cm³/mol. The molecule has 1 N–H and O–H groups in total. The molecule has 2 aromatic heterocycles. The average Bonchev–Trinajstić information content (AvgIpc) is 3.05. The van der Waals surface area contributed by atoms with Crippen LogP contribution in [-0.4, -0.2) is 33.4 Å². The van der Waals surface area contributed by atoms with E-state index in [1.54, 1.807) is 12.3 Å². The summed E-state index contributed by atoms with van der Waals surface area (Å²) in [6.45, 7) is 1.83. The van der Waals surface area contributed by atoms with Gasteiger partial charge in [-0.1, -0.05) is 0 Å². The highest BCUT2D eigenvalue weighted by Gasteiger charge is 2.28. The van der Waals surface area contributed by atoms with E-state index >= 15 is 0 Å². The van der Waals surface area contributed by atoms with Gasteiger partial charge < -0.3 is 9.84 Å². The number of hydrogen-bond acceptors (Lipinski definition) is 6. The summed E-state index contributed by atoms with van der Waals surface area (Å²) < 4.78 is 5.94. The lowest BCUT2D eigenvalue weighted by molar-refractivity contribution is -0.143. The molecule has 0 radical (unpaired) electrons. The molecule has 1 saturated carbocycles. The van der Waals surface area contributed by atoms with Crippen LogP contribution >= 0.6 is 11.3 Å². The van der Waals surface area contributed by atoms with Gasteiger partial charge in [0.15, 0.2) is 17.9 Å². The van der Waals surface area contributed by atoms with Gasteiger partial charge in [-0.2, -0.15) is 0 Å². The van der Waals surface area contributed by atoms with Crippen LogP contribution in [0.2, 0.25) is 0 Å². The van der Waals surface area contributed by atoms with Gasteiger partial charge in [0.05, 0.1) is 28.8 Å². The van der Waals surface area contributed by atoms with Crippen LogP contribution in [0.3, 0.4) is 0 Å². The Balaban J connectivity index is 1.76. The maximum absolute atomic E-state index is 11.1. The van der Waals surface area contributed by atoms with Gasteiger partial charge in [-0.3, -0.25) is 9.59 Å². The first-order chi connectivity index (χ1) is 11.6. The lowest BCUT2D eigenvalue weighted by Gasteiger charge is -2.27. The summed E-state index contributed by atoms with van der Waals surface area (Å²) in [5.41, 5.74) is 1.26. The standard InChI is InChI=1S/C17H18N2O4S/c1-10-14(23-13-4-2-3-11(7-13)17(21)22)8-18-16(19-10)15-12(9-20)5-6-24-15/h5-6,8-9,11,13H,2-4,7H2,1H3,(H,21,22)/t11-,13-/m0/s1. The Morgan fingerprint density at radius 1 is 1.46 bits per heavy atom. The minimum atomic E-state index is -0.759. The molecule has 2 aromatic rings. The van der Waals surface area contributed by atoms with Crippen LogP contribution in [-0.2, 0) is 4.79 Å². The smallest absolute Gasteiger partial charge is 0.306 e. The van der Waals surface area contributed by atoms with Gasteiger partial charge in [-0.25, -0.2) is 9.97 Å². The Bertz CT molecular complexity index is 759. The van der Waals surface area contributed by atoms with Crippen molar-refractivity contribution in [3.63, 3.8) is 0 Å². The first-order valence-electron chi connectivity index (χ1n) is 7.84. The fraction of sp³-hybridized carbons (Fsp3) is 0.412. The number of carbonyl (C=O) groups is 2. The molecule has 0 unspecified atom stereocenters. The second-order valence-electron chi connectivity index (χ2n) is 5.91. The van der Waals surface area contributed by atoms with Gasteiger partial charge in [0.1, 0.15) is 0 Å². The molecule has 1 aliphatic rings. The molecule has 6 nitrogen and oxygen atoms in total. The molecule has 0 aliphatic heterocycles. The highest BCUT2D eigenvalue weighted by Crippen LogP contribution is 2.31. The fourth-order valence-corrected chi connectivity index (χ4v) is 3.74. The van der Waals surface area contributed by atoms with Gasteiger partial charge >= 0.3 is 5.97 Å². The van der Waals surface area contributed by atoms with E-state index in [0.29, 0.717) is 35.7 Å². The van der Waals surface area contributed by atoms with E-state index < -0.39 is 5.97 Å². The highest BCUT2D eigenvalue weighted by atomic mass is 32.1. The van der Waals surface area contributed by atoms with Gasteiger partial charge in [0, 0.05) is 5.56 Å². The number of nitrogens with zero attached hydrogens (tertiary/aromatic N) is 2. The number of aldehydes is 1. The van der Waals surface area contributed by atoms with Crippen molar-refractivity contribution in [2.75, 3.05) is 0 Å². The van der Waals surface area contributed by atoms with Crippen LogP contribution in [0.1, 0.15) is 41.7 Å². The zero-order chi connectivity index (χ0) is 17.1. The summed E-state index contributed by atoms with van der Waals surface area (Å²) in [5, 5.41) is 11.0. The molecule has 3 rings (SSSR count). The third-order valence-electron chi connectivity index (χ3n) is 4.23. The quantitative estimate of drug-likeness (QED) is 0.835. The van der Waals surface area contributed by atoms with Crippen molar-refractivity contribution in [3.8, 4) is 16.5 Å². The molecule has 0 saturated heterocycles. The third-order valence-corrected chi connectivity index (χ3v) is 5.16. The summed E-state index contributed by atoms with van der Waals surface area (Å²) >= 11 is 1.42. The molecule has 0 amide bonds. The summed E-state index contributed by atoms with van der Waals surface area (Å²) in [7, 11) is 0. The summed E-state index contributed by atoms with van der Waals surface area (Å²) in [6, 6.07) is 1.74. The highest BCUT2D eigenvalue weighted by molar-refractivity contribution is 7.13. The number of aliphatic carboxylic acids is 1. The van der Waals surface area contributed by atoms with E-state index in [1.165, 1.54) is 11.3 Å². The molecule has 24 heavy (non-hydrogen) atoms. The van der Waals surface area contributed by atoms with Crippen LogP contribution in [0.5, 0.6) is 5.75 Å². The molecule has 126 valence electrons. The first-order valence-corrected chi connectivity index (χ1v) is 8.72. The zero-order valence-corrected chi connectivity index (χ0v) is 14.1. The number of carboxylic acid groups (broad SMARTS) is 1. The topological polar surface area (TPSA) is 89.4 Å². The number of carboxylic acids is 1. The zero-order valence-electron chi connectivity index (χ0n) is 13.3. The van der Waals surface area contributed by atoms with Gasteiger partial charge in [-0.05, 0) is 44.1 Å². The molecule has 2 heterocycles. The second-order valence-corrected chi connectivity index (χ2v) is 6.82. The van der Waals surface area contributed by atoms with Crippen molar-refractivity contribution in [1.29, 1.82) is 0 Å². The normalized spacial score (nSPS) is 20.5. The SMILES string of the molecule is Cc1nc(-c2sccc2C=O)ncc1O[C@H]1CCC[C@H](C(=O)O)C1. The lowest BCUT2D eigenvalue weighted by Crippen LogP contribution is -2.29. The van der Waals surface area contributed by atoms with Gasteiger partial charge in [0.25, 0.3) is 0 Å². The maximum Gasteiger partial charge on any atom is 0.306 e. The molecule has 1 aliphatic carbocycles. The number of thiophene rings is 1. The van der Waals surface area contributed by atoms with E-state index in [-0.39, 0.29) is 12.0 Å². The van der Waals surface area contributed by atoms with E-state index in [0.717, 1.165) is 24.0 Å². The molecular weight excluding hydrogens is 328 g/mol. The number of rotatable bonds is 5. The summed E-state index contributed by atoms with van der Waals surface area (Å²) in [4.78, 5) is 31.7. The van der Waals surface area contributed by atoms with Crippen molar-refractivity contribution in [3.05, 3.63) is 28.9 Å². The fourth-order valence-electron chi connectivity index (χ4n) is 2.93. The Kier molecular flexibility index (Phi) is 4.89. The number of aromatic nitrogens is 2. The van der Waals surface area contributed by atoms with E-state index in [1.807, 2.05) is 12.3 Å². The Labute approximate surface area is 143 Å². The number of ether oxygens (including phenoxy) is 1. The second kappa shape index (κ2) is 7.09. The Hall–Kier alpha value is -2.28. The van der Waals surface area contributed by atoms with Crippen molar-refractivity contribution in [2.45, 2.75) is 38.7 Å². The monoisotopic (exact) mass is 346 g/mol. The number of hydrogen-bond donors (Lipinski definition) is 1. The van der Waals surface area contributed by atoms with Crippen molar-refractivity contribution in [2.24, 2.45) is 5.92 Å². The molecule has 2 atom stereocenters. The van der Waals surface area contributed by atoms with E-state index in [4.69, 9.17) is 9.84 Å². The summed E-state index contributed by atoms with van der Waals surface area (Å²) in [5.74, 6) is -0.0285. The number of carbonyl (C=O) groups excluding carboxylic acids is 1. The average molecular weight is 346 g/mol. The van der Waals surface area contributed by atoms with Crippen molar-refractivity contribution >= 4 is 23.6 Å². The third kappa shape index (κ3) is 3.46. The van der Waals surface area contributed by atoms with Crippen molar-refractivity contribution < 1.29 is 19.4 Å². The van der Waals surface area contributed by atoms with Crippen LogP contribution in [0, 0.1) is 12.8 Å². The molecule has 0 aromatic carbocycles. The summed E-state index contributed by atoms with van der Waals surface area (Å²) in [6.07, 6.45) is 5.18. The molecule has 1 fully saturated rings. The predicted octanol–water partition coefficient (Wildman–Crippen LogP) is 3.35. The maximum atomic E-state index is 11.1. The van der Waals surface area contributed by atoms with Crippen molar-refractivity contribution in [1.82, 2.24) is 9.97 Å². The first kappa shape index (κ1) is 16.6. The minimum absolute atomic E-state index is 0.125.